The zero-order valence-electron chi connectivity index (χ0n) is 11.8. The highest BCUT2D eigenvalue weighted by atomic mass is 16.3. The first-order valence-corrected chi connectivity index (χ1v) is 6.64. The van der Waals surface area contributed by atoms with Crippen molar-refractivity contribution in [2.45, 2.75) is 32.9 Å². The van der Waals surface area contributed by atoms with Crippen LogP contribution in [-0.2, 0) is 6.54 Å². The van der Waals surface area contributed by atoms with Gasteiger partial charge in [-0.2, -0.15) is 0 Å². The summed E-state index contributed by atoms with van der Waals surface area (Å²) < 4.78 is 5.57. The van der Waals surface area contributed by atoms with E-state index in [1.807, 2.05) is 57.3 Å². The van der Waals surface area contributed by atoms with Crippen LogP contribution in [-0.4, -0.2) is 12.2 Å². The summed E-state index contributed by atoms with van der Waals surface area (Å²) in [7, 11) is 2.03. The maximum atomic E-state index is 9.77. The van der Waals surface area contributed by atoms with Gasteiger partial charge in [-0.25, -0.2) is 0 Å². The maximum Gasteiger partial charge on any atom is 0.123 e. The molecule has 1 N–H and O–H groups in total. The van der Waals surface area contributed by atoms with Crippen LogP contribution in [0.2, 0.25) is 0 Å². The molecule has 0 spiro atoms. The minimum absolute atomic E-state index is 0.368. The van der Waals surface area contributed by atoms with Crippen molar-refractivity contribution in [2.75, 3.05) is 11.9 Å². The second kappa shape index (κ2) is 5.93. The van der Waals surface area contributed by atoms with Gasteiger partial charge >= 0.3 is 0 Å². The summed E-state index contributed by atoms with van der Waals surface area (Å²) in [5, 5.41) is 9.77. The quantitative estimate of drug-likeness (QED) is 0.890. The molecule has 1 aromatic carbocycles. The highest BCUT2D eigenvalue weighted by Crippen LogP contribution is 2.21. The van der Waals surface area contributed by atoms with Gasteiger partial charge in [-0.3, -0.25) is 0 Å². The summed E-state index contributed by atoms with van der Waals surface area (Å²) >= 11 is 0. The SMILES string of the molecule is CCC(O)c1ccc(N(C)Cc2ccc(C)o2)cc1. The monoisotopic (exact) mass is 259 g/mol. The van der Waals surface area contributed by atoms with Gasteiger partial charge in [0.25, 0.3) is 0 Å². The Morgan fingerprint density at radius 3 is 2.37 bits per heavy atom. The fraction of sp³-hybridized carbons (Fsp3) is 0.375. The molecule has 102 valence electrons. The van der Waals surface area contributed by atoms with Crippen molar-refractivity contribution in [1.29, 1.82) is 0 Å². The molecule has 0 fully saturated rings. The largest absolute Gasteiger partial charge is 0.464 e. The van der Waals surface area contributed by atoms with Crippen molar-refractivity contribution in [3.05, 3.63) is 53.5 Å². The van der Waals surface area contributed by atoms with Gasteiger partial charge in [0.1, 0.15) is 11.5 Å². The molecule has 1 unspecified atom stereocenters. The van der Waals surface area contributed by atoms with Gasteiger partial charge in [-0.15, -0.1) is 0 Å². The molecule has 0 saturated heterocycles. The van der Waals surface area contributed by atoms with Gasteiger partial charge in [0, 0.05) is 12.7 Å². The molecular formula is C16H21NO2. The number of anilines is 1. The van der Waals surface area contributed by atoms with Gasteiger partial charge in [0.15, 0.2) is 0 Å². The molecule has 0 aliphatic carbocycles. The summed E-state index contributed by atoms with van der Waals surface area (Å²) in [6, 6.07) is 12.0. The van der Waals surface area contributed by atoms with Crippen LogP contribution in [0.1, 0.15) is 36.5 Å². The normalized spacial score (nSPS) is 12.4. The third-order valence-corrected chi connectivity index (χ3v) is 3.29. The van der Waals surface area contributed by atoms with Crippen molar-refractivity contribution < 1.29 is 9.52 Å². The minimum Gasteiger partial charge on any atom is -0.464 e. The van der Waals surface area contributed by atoms with E-state index in [4.69, 9.17) is 4.42 Å². The molecular weight excluding hydrogens is 238 g/mol. The van der Waals surface area contributed by atoms with Crippen LogP contribution in [0.3, 0.4) is 0 Å². The Hall–Kier alpha value is -1.74. The third-order valence-electron chi connectivity index (χ3n) is 3.29. The summed E-state index contributed by atoms with van der Waals surface area (Å²) in [6.07, 6.45) is 0.369. The predicted molar refractivity (Wildman–Crippen MR) is 77.2 cm³/mol. The van der Waals surface area contributed by atoms with Crippen LogP contribution in [0.25, 0.3) is 0 Å². The van der Waals surface area contributed by atoms with Crippen molar-refractivity contribution in [2.24, 2.45) is 0 Å². The first-order valence-electron chi connectivity index (χ1n) is 6.64. The van der Waals surface area contributed by atoms with Crippen LogP contribution in [0.5, 0.6) is 0 Å². The molecule has 0 aliphatic rings. The number of aliphatic hydroxyl groups is 1. The van der Waals surface area contributed by atoms with Crippen molar-refractivity contribution in [3.63, 3.8) is 0 Å². The van der Waals surface area contributed by atoms with Crippen LogP contribution >= 0.6 is 0 Å². The molecule has 3 heteroatoms. The molecule has 0 bridgehead atoms. The molecule has 1 aromatic heterocycles. The molecule has 1 atom stereocenters. The summed E-state index contributed by atoms with van der Waals surface area (Å²) in [4.78, 5) is 2.13. The zero-order chi connectivity index (χ0) is 13.8. The average molecular weight is 259 g/mol. The molecule has 2 rings (SSSR count). The van der Waals surface area contributed by atoms with Crippen molar-refractivity contribution in [1.82, 2.24) is 0 Å². The number of furan rings is 1. The van der Waals surface area contributed by atoms with Gasteiger partial charge in [0.05, 0.1) is 12.6 Å². The zero-order valence-corrected chi connectivity index (χ0v) is 11.8. The number of rotatable bonds is 5. The summed E-state index contributed by atoms with van der Waals surface area (Å²) in [5.74, 6) is 1.89. The summed E-state index contributed by atoms with van der Waals surface area (Å²) in [6.45, 7) is 4.66. The van der Waals surface area contributed by atoms with E-state index in [1.54, 1.807) is 0 Å². The molecule has 0 saturated carbocycles. The first-order chi connectivity index (χ1) is 9.10. The molecule has 0 radical (unpaired) electrons. The number of nitrogens with zero attached hydrogens (tertiary/aromatic N) is 1. The van der Waals surface area contributed by atoms with Crippen molar-refractivity contribution in [3.8, 4) is 0 Å². The number of aliphatic hydroxyl groups excluding tert-OH is 1. The van der Waals surface area contributed by atoms with E-state index in [0.29, 0.717) is 0 Å². The fourth-order valence-corrected chi connectivity index (χ4v) is 2.08. The maximum absolute atomic E-state index is 9.77. The van der Waals surface area contributed by atoms with Crippen LogP contribution in [0, 0.1) is 6.92 Å². The van der Waals surface area contributed by atoms with E-state index in [1.165, 1.54) is 0 Å². The Balaban J connectivity index is 2.05. The number of hydrogen-bond acceptors (Lipinski definition) is 3. The fourth-order valence-electron chi connectivity index (χ4n) is 2.08. The van der Waals surface area contributed by atoms with E-state index in [-0.39, 0.29) is 6.10 Å². The van der Waals surface area contributed by atoms with E-state index >= 15 is 0 Å². The highest BCUT2D eigenvalue weighted by Gasteiger charge is 2.07. The number of benzene rings is 1. The smallest absolute Gasteiger partial charge is 0.123 e. The molecule has 0 amide bonds. The Kier molecular flexibility index (Phi) is 4.27. The van der Waals surface area contributed by atoms with E-state index < -0.39 is 0 Å². The lowest BCUT2D eigenvalue weighted by Crippen LogP contribution is -2.15. The van der Waals surface area contributed by atoms with E-state index in [0.717, 1.165) is 35.7 Å². The van der Waals surface area contributed by atoms with E-state index in [2.05, 4.69) is 4.90 Å². The molecule has 1 heterocycles. The Labute approximate surface area is 114 Å². The lowest BCUT2D eigenvalue weighted by Gasteiger charge is -2.19. The Morgan fingerprint density at radius 2 is 1.84 bits per heavy atom. The van der Waals surface area contributed by atoms with Gasteiger partial charge in [-0.05, 0) is 43.2 Å². The van der Waals surface area contributed by atoms with Crippen LogP contribution in [0.4, 0.5) is 5.69 Å². The number of aryl methyl sites for hydroxylation is 1. The standard InChI is InChI=1S/C16H21NO2/c1-4-16(18)13-6-8-14(9-7-13)17(3)11-15-10-5-12(2)19-15/h5-10,16,18H,4,11H2,1-3H3. The van der Waals surface area contributed by atoms with Gasteiger partial charge in [0.2, 0.25) is 0 Å². The van der Waals surface area contributed by atoms with Crippen LogP contribution in [0.15, 0.2) is 40.8 Å². The van der Waals surface area contributed by atoms with Gasteiger partial charge < -0.3 is 14.4 Å². The average Bonchev–Trinajstić information content (AvgIpc) is 2.83. The Morgan fingerprint density at radius 1 is 1.16 bits per heavy atom. The lowest BCUT2D eigenvalue weighted by molar-refractivity contribution is 0.173. The molecule has 0 aliphatic heterocycles. The molecule has 2 aromatic rings. The molecule has 19 heavy (non-hydrogen) atoms. The minimum atomic E-state index is -0.368. The lowest BCUT2D eigenvalue weighted by atomic mass is 10.1. The summed E-state index contributed by atoms with van der Waals surface area (Å²) in [5.41, 5.74) is 2.08. The van der Waals surface area contributed by atoms with Gasteiger partial charge in [-0.1, -0.05) is 19.1 Å². The number of hydrogen-bond donors (Lipinski definition) is 1. The first kappa shape index (κ1) is 13.7. The third kappa shape index (κ3) is 3.38. The topological polar surface area (TPSA) is 36.6 Å². The second-order valence-corrected chi connectivity index (χ2v) is 4.88. The second-order valence-electron chi connectivity index (χ2n) is 4.88. The highest BCUT2D eigenvalue weighted by molar-refractivity contribution is 5.47. The van der Waals surface area contributed by atoms with Crippen LogP contribution < -0.4 is 4.90 Å². The Bertz CT molecular complexity index is 516. The molecule has 3 nitrogen and oxygen atoms in total. The van der Waals surface area contributed by atoms with Crippen molar-refractivity contribution >= 4 is 5.69 Å². The van der Waals surface area contributed by atoms with E-state index in [9.17, 15) is 5.11 Å². The predicted octanol–water partition coefficient (Wildman–Crippen LogP) is 3.67.